The fourth-order valence-corrected chi connectivity index (χ4v) is 3.58. The zero-order chi connectivity index (χ0) is 15.2. The van der Waals surface area contributed by atoms with Crippen LogP contribution in [-0.2, 0) is 11.3 Å². The van der Waals surface area contributed by atoms with Gasteiger partial charge in [-0.2, -0.15) is 11.3 Å². The smallest absolute Gasteiger partial charge is 0.227 e. The molecule has 1 fully saturated rings. The Morgan fingerprint density at radius 2 is 2.14 bits per heavy atom. The van der Waals surface area contributed by atoms with Crippen LogP contribution in [0.25, 0.3) is 0 Å². The van der Waals surface area contributed by atoms with Crippen molar-refractivity contribution in [2.24, 2.45) is 5.92 Å². The van der Waals surface area contributed by atoms with E-state index in [1.54, 1.807) is 11.3 Å². The first-order valence-electron chi connectivity index (χ1n) is 7.90. The lowest BCUT2D eigenvalue weighted by Crippen LogP contribution is -2.30. The lowest BCUT2D eigenvalue weighted by Gasteiger charge is -2.23. The highest BCUT2D eigenvalue weighted by atomic mass is 32.1. The lowest BCUT2D eigenvalue weighted by atomic mass is 10.0. The van der Waals surface area contributed by atoms with Crippen molar-refractivity contribution in [3.8, 4) is 0 Å². The highest BCUT2D eigenvalue weighted by Crippen LogP contribution is 2.21. The Morgan fingerprint density at radius 1 is 1.27 bits per heavy atom. The third kappa shape index (κ3) is 3.96. The Labute approximate surface area is 136 Å². The molecule has 4 heteroatoms. The number of nitrogens with zero attached hydrogens (tertiary/aromatic N) is 1. The number of rotatable bonds is 6. The molecule has 1 N–H and O–H groups in total. The van der Waals surface area contributed by atoms with Crippen LogP contribution in [0.15, 0.2) is 47.2 Å². The number of carbonyl (C=O) groups is 1. The predicted molar refractivity (Wildman–Crippen MR) is 92.2 cm³/mol. The molecule has 1 saturated heterocycles. The topological polar surface area (TPSA) is 32.3 Å². The van der Waals surface area contributed by atoms with E-state index in [4.69, 9.17) is 0 Å². The summed E-state index contributed by atoms with van der Waals surface area (Å²) in [5.74, 6) is 0.882. The molecule has 0 spiro atoms. The molecule has 2 aromatic rings. The molecule has 3 rings (SSSR count). The normalized spacial score (nSPS) is 17.5. The van der Waals surface area contributed by atoms with E-state index in [1.165, 1.54) is 12.0 Å². The van der Waals surface area contributed by atoms with E-state index >= 15 is 0 Å². The molecular weight excluding hydrogens is 292 g/mol. The minimum absolute atomic E-state index is 0.226. The van der Waals surface area contributed by atoms with Crippen LogP contribution in [0.2, 0.25) is 0 Å². The minimum Gasteiger partial charge on any atom is -0.316 e. The van der Waals surface area contributed by atoms with Crippen LogP contribution < -0.4 is 10.2 Å². The summed E-state index contributed by atoms with van der Waals surface area (Å²) in [5, 5.41) is 7.55. The van der Waals surface area contributed by atoms with Crippen molar-refractivity contribution in [3.63, 3.8) is 0 Å². The number of hydrogen-bond acceptors (Lipinski definition) is 3. The first kappa shape index (κ1) is 15.3. The van der Waals surface area contributed by atoms with Crippen LogP contribution in [0.3, 0.4) is 0 Å². The maximum atomic E-state index is 12.7. The Kier molecular flexibility index (Phi) is 5.24. The maximum absolute atomic E-state index is 12.7. The number of thiophene rings is 1. The van der Waals surface area contributed by atoms with Crippen molar-refractivity contribution >= 4 is 22.9 Å². The molecule has 2 heterocycles. The molecule has 1 aliphatic heterocycles. The molecule has 0 saturated carbocycles. The van der Waals surface area contributed by atoms with Crippen LogP contribution in [0.1, 0.15) is 24.8 Å². The average Bonchev–Trinajstić information content (AvgIpc) is 3.24. The molecule has 3 nitrogen and oxygen atoms in total. The van der Waals surface area contributed by atoms with Crippen molar-refractivity contribution in [3.05, 3.63) is 52.7 Å². The second-order valence-corrected chi connectivity index (χ2v) is 6.62. The SMILES string of the molecule is O=C(CCC1CCNC1)N(Cc1ccsc1)c1ccccc1. The van der Waals surface area contributed by atoms with Crippen molar-refractivity contribution in [1.29, 1.82) is 0 Å². The fraction of sp³-hybridized carbons (Fsp3) is 0.389. The van der Waals surface area contributed by atoms with E-state index in [1.807, 2.05) is 35.2 Å². The van der Waals surface area contributed by atoms with Crippen molar-refractivity contribution in [2.75, 3.05) is 18.0 Å². The fourth-order valence-electron chi connectivity index (χ4n) is 2.92. The van der Waals surface area contributed by atoms with Gasteiger partial charge in [-0.1, -0.05) is 18.2 Å². The first-order valence-corrected chi connectivity index (χ1v) is 8.84. The molecule has 116 valence electrons. The van der Waals surface area contributed by atoms with Crippen molar-refractivity contribution < 1.29 is 4.79 Å². The van der Waals surface area contributed by atoms with Gasteiger partial charge >= 0.3 is 0 Å². The third-order valence-electron chi connectivity index (χ3n) is 4.22. The molecule has 1 aromatic heterocycles. The molecule has 0 aliphatic carbocycles. The molecule has 1 aliphatic rings. The second kappa shape index (κ2) is 7.56. The lowest BCUT2D eigenvalue weighted by molar-refractivity contribution is -0.119. The van der Waals surface area contributed by atoms with E-state index in [0.717, 1.165) is 25.2 Å². The Balaban J connectivity index is 1.68. The maximum Gasteiger partial charge on any atom is 0.227 e. The van der Waals surface area contributed by atoms with Crippen LogP contribution in [0, 0.1) is 5.92 Å². The number of hydrogen-bond donors (Lipinski definition) is 1. The van der Waals surface area contributed by atoms with Gasteiger partial charge in [0, 0.05) is 12.1 Å². The van der Waals surface area contributed by atoms with Crippen molar-refractivity contribution in [1.82, 2.24) is 5.32 Å². The molecule has 0 bridgehead atoms. The molecule has 0 radical (unpaired) electrons. The first-order chi connectivity index (χ1) is 10.8. The highest BCUT2D eigenvalue weighted by Gasteiger charge is 2.20. The Hall–Kier alpha value is -1.65. The number of anilines is 1. The van der Waals surface area contributed by atoms with Gasteiger partial charge in [0.1, 0.15) is 0 Å². The molecule has 1 amide bonds. The van der Waals surface area contributed by atoms with E-state index in [9.17, 15) is 4.79 Å². The summed E-state index contributed by atoms with van der Waals surface area (Å²) in [6.45, 7) is 2.81. The Morgan fingerprint density at radius 3 is 2.82 bits per heavy atom. The number of nitrogens with one attached hydrogen (secondary N) is 1. The number of carbonyl (C=O) groups excluding carboxylic acids is 1. The predicted octanol–water partition coefficient (Wildman–Crippen LogP) is 3.67. The van der Waals surface area contributed by atoms with Gasteiger partial charge in [0.05, 0.1) is 6.54 Å². The standard InChI is InChI=1S/C18H22N2OS/c21-18(7-6-15-8-10-19-12-15)20(13-16-9-11-22-14-16)17-4-2-1-3-5-17/h1-5,9,11,14-15,19H,6-8,10,12-13H2. The van der Waals surface area contributed by atoms with Crippen LogP contribution >= 0.6 is 11.3 Å². The van der Waals surface area contributed by atoms with E-state index < -0.39 is 0 Å². The van der Waals surface area contributed by atoms with Crippen LogP contribution in [-0.4, -0.2) is 19.0 Å². The zero-order valence-corrected chi connectivity index (χ0v) is 13.5. The summed E-state index contributed by atoms with van der Waals surface area (Å²) in [5.41, 5.74) is 2.19. The largest absolute Gasteiger partial charge is 0.316 e. The minimum atomic E-state index is 0.226. The molecule has 1 atom stereocenters. The van der Waals surface area contributed by atoms with Crippen LogP contribution in [0.5, 0.6) is 0 Å². The van der Waals surface area contributed by atoms with Gasteiger partial charge in [-0.3, -0.25) is 4.79 Å². The summed E-state index contributed by atoms with van der Waals surface area (Å²) in [4.78, 5) is 14.7. The van der Waals surface area contributed by atoms with Gasteiger partial charge < -0.3 is 10.2 Å². The highest BCUT2D eigenvalue weighted by molar-refractivity contribution is 7.07. The number of benzene rings is 1. The molecular formula is C18H22N2OS. The monoisotopic (exact) mass is 314 g/mol. The van der Waals surface area contributed by atoms with Gasteiger partial charge in [0.25, 0.3) is 0 Å². The summed E-state index contributed by atoms with van der Waals surface area (Å²) in [7, 11) is 0. The Bertz CT molecular complexity index is 576. The van der Waals surface area contributed by atoms with Gasteiger partial charge in [-0.25, -0.2) is 0 Å². The zero-order valence-electron chi connectivity index (χ0n) is 12.7. The summed E-state index contributed by atoms with van der Waals surface area (Å²) in [6, 6.07) is 12.1. The molecule has 22 heavy (non-hydrogen) atoms. The summed E-state index contributed by atoms with van der Waals surface area (Å²) in [6.07, 6.45) is 2.81. The summed E-state index contributed by atoms with van der Waals surface area (Å²) < 4.78 is 0. The number of para-hydroxylation sites is 1. The average molecular weight is 314 g/mol. The molecule has 1 unspecified atom stereocenters. The van der Waals surface area contributed by atoms with E-state index in [0.29, 0.717) is 18.9 Å². The van der Waals surface area contributed by atoms with E-state index in [2.05, 4.69) is 22.1 Å². The summed E-state index contributed by atoms with van der Waals surface area (Å²) >= 11 is 1.68. The van der Waals surface area contributed by atoms with Gasteiger partial charge in [0.15, 0.2) is 0 Å². The molecule has 1 aromatic carbocycles. The van der Waals surface area contributed by atoms with Gasteiger partial charge in [0.2, 0.25) is 5.91 Å². The quantitative estimate of drug-likeness (QED) is 0.882. The van der Waals surface area contributed by atoms with Crippen molar-refractivity contribution in [2.45, 2.75) is 25.8 Å². The second-order valence-electron chi connectivity index (χ2n) is 5.84. The van der Waals surface area contributed by atoms with Gasteiger partial charge in [-0.15, -0.1) is 0 Å². The number of amides is 1. The van der Waals surface area contributed by atoms with Crippen LogP contribution in [0.4, 0.5) is 5.69 Å². The third-order valence-corrected chi connectivity index (χ3v) is 4.95. The van der Waals surface area contributed by atoms with Gasteiger partial charge in [-0.05, 0) is 66.4 Å². The van der Waals surface area contributed by atoms with E-state index in [-0.39, 0.29) is 5.91 Å².